The van der Waals surface area contributed by atoms with Crippen LogP contribution in [-0.4, -0.2) is 32.0 Å². The van der Waals surface area contributed by atoms with Gasteiger partial charge in [0.1, 0.15) is 5.78 Å². The molecule has 0 aliphatic heterocycles. The summed E-state index contributed by atoms with van der Waals surface area (Å²) < 4.78 is 4.42. The van der Waals surface area contributed by atoms with E-state index in [1.165, 1.54) is 13.2 Å². The zero-order valence-corrected chi connectivity index (χ0v) is 8.87. The number of methoxy groups -OCH3 is 1. The van der Waals surface area contributed by atoms with Crippen molar-refractivity contribution in [2.24, 2.45) is 0 Å². The van der Waals surface area contributed by atoms with Crippen LogP contribution < -0.4 is 5.32 Å². The van der Waals surface area contributed by atoms with Gasteiger partial charge in [-0.05, 0) is 26.8 Å². The van der Waals surface area contributed by atoms with Gasteiger partial charge in [-0.1, -0.05) is 6.08 Å². The summed E-state index contributed by atoms with van der Waals surface area (Å²) in [5, 5.41) is 2.90. The molecule has 0 amide bonds. The van der Waals surface area contributed by atoms with E-state index in [1.54, 1.807) is 20.0 Å². The Balaban J connectivity index is 3.76. The zero-order chi connectivity index (χ0) is 11.0. The SMILES string of the molecule is CN[C@@H](CC/C=C/C(=O)OC)C(C)=O. The number of nitrogens with one attached hydrogen (secondary N) is 1. The van der Waals surface area contributed by atoms with E-state index in [1.807, 2.05) is 0 Å². The quantitative estimate of drug-likeness (QED) is 0.504. The van der Waals surface area contributed by atoms with Crippen molar-refractivity contribution in [3.8, 4) is 0 Å². The number of likely N-dealkylation sites (N-methyl/N-ethyl adjacent to an activating group) is 1. The fraction of sp³-hybridized carbons (Fsp3) is 0.600. The largest absolute Gasteiger partial charge is 0.466 e. The van der Waals surface area contributed by atoms with Gasteiger partial charge in [-0.3, -0.25) is 4.79 Å². The Morgan fingerprint density at radius 2 is 2.14 bits per heavy atom. The van der Waals surface area contributed by atoms with Crippen molar-refractivity contribution < 1.29 is 14.3 Å². The number of hydrogen-bond acceptors (Lipinski definition) is 4. The Labute approximate surface area is 84.3 Å². The zero-order valence-electron chi connectivity index (χ0n) is 8.87. The van der Waals surface area contributed by atoms with Crippen molar-refractivity contribution in [2.45, 2.75) is 25.8 Å². The first-order valence-corrected chi connectivity index (χ1v) is 4.54. The first-order valence-electron chi connectivity index (χ1n) is 4.54. The number of ether oxygens (including phenoxy) is 1. The van der Waals surface area contributed by atoms with E-state index in [0.717, 1.165) is 0 Å². The first kappa shape index (κ1) is 12.8. The number of carbonyl (C=O) groups is 2. The third-order valence-electron chi connectivity index (χ3n) is 1.92. The molecular formula is C10H17NO3. The molecule has 1 atom stereocenters. The highest BCUT2D eigenvalue weighted by atomic mass is 16.5. The van der Waals surface area contributed by atoms with Gasteiger partial charge in [0.05, 0.1) is 13.2 Å². The average Bonchev–Trinajstić information content (AvgIpc) is 2.16. The van der Waals surface area contributed by atoms with E-state index in [-0.39, 0.29) is 17.8 Å². The molecule has 0 fully saturated rings. The van der Waals surface area contributed by atoms with Crippen molar-refractivity contribution in [1.82, 2.24) is 5.32 Å². The smallest absolute Gasteiger partial charge is 0.330 e. The predicted molar refractivity (Wildman–Crippen MR) is 53.9 cm³/mol. The number of esters is 1. The van der Waals surface area contributed by atoms with Crippen LogP contribution in [0.3, 0.4) is 0 Å². The third kappa shape index (κ3) is 5.48. The molecule has 1 N–H and O–H groups in total. The highest BCUT2D eigenvalue weighted by Gasteiger charge is 2.09. The van der Waals surface area contributed by atoms with Crippen molar-refractivity contribution >= 4 is 11.8 Å². The van der Waals surface area contributed by atoms with Crippen LogP contribution in [0.4, 0.5) is 0 Å². The number of Topliss-reactive ketones (excluding diaryl/α,β-unsaturated/α-hetero) is 1. The summed E-state index contributed by atoms with van der Waals surface area (Å²) in [6.07, 6.45) is 4.45. The van der Waals surface area contributed by atoms with E-state index in [9.17, 15) is 9.59 Å². The van der Waals surface area contributed by atoms with E-state index >= 15 is 0 Å². The number of carbonyl (C=O) groups excluding carboxylic acids is 2. The summed E-state index contributed by atoms with van der Waals surface area (Å²) in [5.74, 6) is -0.257. The Bertz CT molecular complexity index is 223. The molecule has 0 aromatic rings. The van der Waals surface area contributed by atoms with Crippen LogP contribution in [0, 0.1) is 0 Å². The molecule has 4 heteroatoms. The highest BCUT2D eigenvalue weighted by Crippen LogP contribution is 1.99. The molecule has 0 bridgehead atoms. The fourth-order valence-corrected chi connectivity index (χ4v) is 1.06. The minimum absolute atomic E-state index is 0.110. The van der Waals surface area contributed by atoms with E-state index in [4.69, 9.17) is 0 Å². The standard InChI is InChI=1S/C10H17NO3/c1-8(12)9(11-2)6-4-5-7-10(13)14-3/h5,7,9,11H,4,6H2,1-3H3/b7-5+/t9-/m0/s1. The van der Waals surface area contributed by atoms with Crippen LogP contribution in [0.15, 0.2) is 12.2 Å². The van der Waals surface area contributed by atoms with Crippen molar-refractivity contribution in [3.05, 3.63) is 12.2 Å². The van der Waals surface area contributed by atoms with Crippen molar-refractivity contribution in [2.75, 3.05) is 14.2 Å². The van der Waals surface area contributed by atoms with Gasteiger partial charge in [-0.15, -0.1) is 0 Å². The van der Waals surface area contributed by atoms with E-state index in [0.29, 0.717) is 12.8 Å². The highest BCUT2D eigenvalue weighted by molar-refractivity contribution is 5.82. The monoisotopic (exact) mass is 199 g/mol. The normalized spacial score (nSPS) is 12.8. The summed E-state index contributed by atoms with van der Waals surface area (Å²) >= 11 is 0. The van der Waals surface area contributed by atoms with Crippen LogP contribution in [0.25, 0.3) is 0 Å². The fourth-order valence-electron chi connectivity index (χ4n) is 1.06. The lowest BCUT2D eigenvalue weighted by Crippen LogP contribution is -2.31. The van der Waals surface area contributed by atoms with Gasteiger partial charge in [-0.2, -0.15) is 0 Å². The molecule has 4 nitrogen and oxygen atoms in total. The maximum atomic E-state index is 11.0. The lowest BCUT2D eigenvalue weighted by molar-refractivity contribution is -0.134. The van der Waals surface area contributed by atoms with Gasteiger partial charge in [0, 0.05) is 6.08 Å². The summed E-state index contributed by atoms with van der Waals surface area (Å²) in [6.45, 7) is 1.55. The number of allylic oxidation sites excluding steroid dienone is 1. The Morgan fingerprint density at radius 3 is 2.57 bits per heavy atom. The molecule has 0 aromatic heterocycles. The van der Waals surface area contributed by atoms with Gasteiger partial charge >= 0.3 is 5.97 Å². The summed E-state index contributed by atoms with van der Waals surface area (Å²) in [6, 6.07) is -0.128. The van der Waals surface area contributed by atoms with Gasteiger partial charge in [0.15, 0.2) is 0 Å². The Hall–Kier alpha value is -1.16. The van der Waals surface area contributed by atoms with E-state index < -0.39 is 0 Å². The predicted octanol–water partition coefficient (Wildman–Crippen LogP) is 0.673. The molecule has 0 aromatic carbocycles. The lowest BCUT2D eigenvalue weighted by Gasteiger charge is -2.10. The molecule has 0 saturated carbocycles. The summed E-state index contributed by atoms with van der Waals surface area (Å²) in [4.78, 5) is 21.6. The molecule has 80 valence electrons. The average molecular weight is 199 g/mol. The molecule has 0 spiro atoms. The van der Waals surface area contributed by atoms with Crippen LogP contribution in [0.5, 0.6) is 0 Å². The van der Waals surface area contributed by atoms with Crippen LogP contribution in [0.2, 0.25) is 0 Å². The molecule has 0 aliphatic rings. The minimum Gasteiger partial charge on any atom is -0.466 e. The van der Waals surface area contributed by atoms with Crippen LogP contribution >= 0.6 is 0 Å². The van der Waals surface area contributed by atoms with Crippen LogP contribution in [-0.2, 0) is 14.3 Å². The topological polar surface area (TPSA) is 55.4 Å². The maximum Gasteiger partial charge on any atom is 0.330 e. The number of ketones is 1. The molecule has 0 aliphatic carbocycles. The number of hydrogen-bond donors (Lipinski definition) is 1. The van der Waals surface area contributed by atoms with Gasteiger partial charge < -0.3 is 10.1 Å². The third-order valence-corrected chi connectivity index (χ3v) is 1.92. The molecule has 0 heterocycles. The van der Waals surface area contributed by atoms with Gasteiger partial charge in [0.25, 0.3) is 0 Å². The second-order valence-corrected chi connectivity index (χ2v) is 2.95. The number of rotatable bonds is 6. The van der Waals surface area contributed by atoms with Crippen LogP contribution in [0.1, 0.15) is 19.8 Å². The summed E-state index contributed by atoms with van der Waals surface area (Å²) in [5.41, 5.74) is 0. The van der Waals surface area contributed by atoms with Gasteiger partial charge in [0.2, 0.25) is 0 Å². The molecule has 0 unspecified atom stereocenters. The lowest BCUT2D eigenvalue weighted by atomic mass is 10.1. The first-order chi connectivity index (χ1) is 6.61. The molecule has 0 rings (SSSR count). The maximum absolute atomic E-state index is 11.0. The molecule has 14 heavy (non-hydrogen) atoms. The molecule has 0 saturated heterocycles. The second kappa shape index (κ2) is 7.26. The Morgan fingerprint density at radius 1 is 1.50 bits per heavy atom. The molecule has 0 radical (unpaired) electrons. The van der Waals surface area contributed by atoms with Crippen molar-refractivity contribution in [3.63, 3.8) is 0 Å². The second-order valence-electron chi connectivity index (χ2n) is 2.95. The minimum atomic E-state index is -0.367. The molecular weight excluding hydrogens is 182 g/mol. The Kier molecular flexibility index (Phi) is 6.66. The van der Waals surface area contributed by atoms with E-state index in [2.05, 4.69) is 10.1 Å². The summed E-state index contributed by atoms with van der Waals surface area (Å²) in [7, 11) is 3.08. The van der Waals surface area contributed by atoms with Crippen molar-refractivity contribution in [1.29, 1.82) is 0 Å². The van der Waals surface area contributed by atoms with Gasteiger partial charge in [-0.25, -0.2) is 4.79 Å².